The van der Waals surface area contributed by atoms with Crippen LogP contribution in [0.2, 0.25) is 0 Å². The minimum atomic E-state index is 0. The van der Waals surface area contributed by atoms with Gasteiger partial charge in [0.2, 0.25) is 0 Å². The monoisotopic (exact) mass is 277 g/mol. The van der Waals surface area contributed by atoms with E-state index in [2.05, 4.69) is 0 Å². The molecule has 1 aliphatic rings. The molecule has 0 heterocycles. The molecule has 3 heteroatoms. The van der Waals surface area contributed by atoms with E-state index >= 15 is 0 Å². The molecule has 0 fully saturated rings. The Bertz CT molecular complexity index is 393. The van der Waals surface area contributed by atoms with Crippen LogP contribution < -0.4 is 5.73 Å². The smallest absolute Gasteiger partial charge is 0.104 e. The van der Waals surface area contributed by atoms with E-state index in [9.17, 15) is 5.11 Å². The molecule has 2 rings (SSSR count). The van der Waals surface area contributed by atoms with E-state index in [4.69, 9.17) is 5.73 Å². The molecule has 1 aromatic rings. The molecule has 0 saturated carbocycles. The number of aliphatic hydroxyl groups is 1. The van der Waals surface area contributed by atoms with Gasteiger partial charge in [-0.2, -0.15) is 0 Å². The van der Waals surface area contributed by atoms with Gasteiger partial charge in [-0.15, -0.1) is 0 Å². The predicted octanol–water partition coefficient (Wildman–Crippen LogP) is 2.37. The van der Waals surface area contributed by atoms with E-state index in [0.717, 1.165) is 16.7 Å². The number of allylic oxidation sites excluding steroid dienone is 3. The minimum Gasteiger partial charge on any atom is -0.511 e. The van der Waals surface area contributed by atoms with Gasteiger partial charge in [-0.3, -0.25) is 0 Å². The molecular formula is C12H13NOZr. The van der Waals surface area contributed by atoms with Crippen molar-refractivity contribution in [2.45, 2.75) is 13.0 Å². The van der Waals surface area contributed by atoms with Crippen LogP contribution in [0.4, 0.5) is 0 Å². The summed E-state index contributed by atoms with van der Waals surface area (Å²) in [5, 5.41) is 9.56. The fourth-order valence-electron chi connectivity index (χ4n) is 1.58. The van der Waals surface area contributed by atoms with Crippen LogP contribution in [0.15, 0.2) is 42.2 Å². The number of hydrogen-bond acceptors (Lipinski definition) is 2. The third-order valence-corrected chi connectivity index (χ3v) is 2.41. The molecular weight excluding hydrogens is 265 g/mol. The summed E-state index contributed by atoms with van der Waals surface area (Å²) in [6.07, 6.45) is 4.56. The Balaban J connectivity index is 0.00000112. The molecule has 0 bridgehead atoms. The molecule has 76 valence electrons. The van der Waals surface area contributed by atoms with Crippen LogP contribution in [0.1, 0.15) is 17.5 Å². The van der Waals surface area contributed by atoms with Gasteiger partial charge in [-0.25, -0.2) is 0 Å². The maximum absolute atomic E-state index is 9.56. The van der Waals surface area contributed by atoms with Crippen LogP contribution in [-0.4, -0.2) is 5.11 Å². The Morgan fingerprint density at radius 3 is 2.33 bits per heavy atom. The van der Waals surface area contributed by atoms with Crippen molar-refractivity contribution in [3.63, 3.8) is 0 Å². The molecule has 0 atom stereocenters. The van der Waals surface area contributed by atoms with Gasteiger partial charge < -0.3 is 10.8 Å². The van der Waals surface area contributed by atoms with Gasteiger partial charge in [0.25, 0.3) is 0 Å². The van der Waals surface area contributed by atoms with E-state index in [1.165, 1.54) is 0 Å². The molecule has 0 spiro atoms. The molecule has 0 amide bonds. The Hall–Kier alpha value is -0.657. The Morgan fingerprint density at radius 1 is 1.20 bits per heavy atom. The number of nitrogens with two attached hydrogens (primary N) is 1. The van der Waals surface area contributed by atoms with Gasteiger partial charge in [-0.05, 0) is 11.1 Å². The maximum atomic E-state index is 9.56. The molecule has 0 saturated heterocycles. The van der Waals surface area contributed by atoms with Gasteiger partial charge in [0.1, 0.15) is 5.76 Å². The summed E-state index contributed by atoms with van der Waals surface area (Å²) >= 11 is 0. The first-order valence-electron chi connectivity index (χ1n) is 4.69. The summed E-state index contributed by atoms with van der Waals surface area (Å²) in [6.45, 7) is 0.557. The molecule has 0 radical (unpaired) electrons. The number of rotatable bonds is 2. The zero-order valence-electron chi connectivity index (χ0n) is 8.40. The summed E-state index contributed by atoms with van der Waals surface area (Å²) < 4.78 is 0. The average molecular weight is 278 g/mol. The number of aliphatic hydroxyl groups excluding tert-OH is 1. The Morgan fingerprint density at radius 2 is 1.87 bits per heavy atom. The second-order valence-corrected chi connectivity index (χ2v) is 3.37. The van der Waals surface area contributed by atoms with Crippen LogP contribution in [0.3, 0.4) is 0 Å². The van der Waals surface area contributed by atoms with E-state index in [0.29, 0.717) is 18.7 Å². The third kappa shape index (κ3) is 2.67. The summed E-state index contributed by atoms with van der Waals surface area (Å²) in [5.41, 5.74) is 8.59. The van der Waals surface area contributed by atoms with Crippen molar-refractivity contribution >= 4 is 5.57 Å². The van der Waals surface area contributed by atoms with Crippen molar-refractivity contribution in [1.82, 2.24) is 0 Å². The van der Waals surface area contributed by atoms with Crippen LogP contribution >= 0.6 is 0 Å². The van der Waals surface area contributed by atoms with Crippen molar-refractivity contribution < 1.29 is 31.3 Å². The molecule has 0 aromatic heterocycles. The SMILES string of the molecule is NCc1ccc(C2=C(O)CC=C2)cc1.[Zr]. The fourth-order valence-corrected chi connectivity index (χ4v) is 1.58. The van der Waals surface area contributed by atoms with Crippen LogP contribution in [0.5, 0.6) is 0 Å². The van der Waals surface area contributed by atoms with Crippen LogP contribution in [0.25, 0.3) is 5.57 Å². The van der Waals surface area contributed by atoms with E-state index < -0.39 is 0 Å². The van der Waals surface area contributed by atoms with Gasteiger partial charge in [0.05, 0.1) is 0 Å². The molecule has 15 heavy (non-hydrogen) atoms. The number of benzene rings is 1. The van der Waals surface area contributed by atoms with Gasteiger partial charge in [0.15, 0.2) is 0 Å². The number of hydrogen-bond donors (Lipinski definition) is 2. The van der Waals surface area contributed by atoms with Gasteiger partial charge in [-0.1, -0.05) is 36.4 Å². The van der Waals surface area contributed by atoms with Crippen molar-refractivity contribution in [2.75, 3.05) is 0 Å². The van der Waals surface area contributed by atoms with Crippen molar-refractivity contribution in [3.05, 3.63) is 53.3 Å². The molecule has 0 aliphatic heterocycles. The summed E-state index contributed by atoms with van der Waals surface area (Å²) in [6, 6.07) is 7.95. The van der Waals surface area contributed by atoms with E-state index in [-0.39, 0.29) is 26.2 Å². The Kier molecular flexibility index (Phi) is 4.50. The minimum absolute atomic E-state index is 0. The Labute approximate surface area is 109 Å². The first-order chi connectivity index (χ1) is 6.81. The van der Waals surface area contributed by atoms with E-state index in [1.807, 2.05) is 36.4 Å². The van der Waals surface area contributed by atoms with E-state index in [1.54, 1.807) is 0 Å². The zero-order valence-corrected chi connectivity index (χ0v) is 10.9. The predicted molar refractivity (Wildman–Crippen MR) is 57.6 cm³/mol. The normalized spacial score (nSPS) is 14.2. The van der Waals surface area contributed by atoms with Crippen LogP contribution in [0, 0.1) is 0 Å². The van der Waals surface area contributed by atoms with Crippen molar-refractivity contribution in [3.8, 4) is 0 Å². The maximum Gasteiger partial charge on any atom is 0.104 e. The molecule has 3 N–H and O–H groups in total. The second kappa shape index (κ2) is 5.43. The average Bonchev–Trinajstić information content (AvgIpc) is 2.65. The summed E-state index contributed by atoms with van der Waals surface area (Å²) in [5.74, 6) is 0.450. The topological polar surface area (TPSA) is 46.2 Å². The fraction of sp³-hybridized carbons (Fsp3) is 0.167. The molecule has 1 aromatic carbocycles. The summed E-state index contributed by atoms with van der Waals surface area (Å²) in [7, 11) is 0. The molecule has 0 unspecified atom stereocenters. The summed E-state index contributed by atoms with van der Waals surface area (Å²) in [4.78, 5) is 0. The van der Waals surface area contributed by atoms with Gasteiger partial charge in [0, 0.05) is 44.7 Å². The standard InChI is InChI=1S/C12H13NO.Zr/c13-8-9-4-6-10(7-5-9)11-2-1-3-12(11)14;/h1-2,4-7,14H,3,8,13H2;. The largest absolute Gasteiger partial charge is 0.511 e. The van der Waals surface area contributed by atoms with Crippen molar-refractivity contribution in [1.29, 1.82) is 0 Å². The molecule has 2 nitrogen and oxygen atoms in total. The molecule has 1 aliphatic carbocycles. The van der Waals surface area contributed by atoms with Crippen LogP contribution in [-0.2, 0) is 32.7 Å². The quantitative estimate of drug-likeness (QED) is 0.872. The first kappa shape index (κ1) is 12.4. The zero-order chi connectivity index (χ0) is 9.97. The third-order valence-electron chi connectivity index (χ3n) is 2.41. The van der Waals surface area contributed by atoms with Gasteiger partial charge >= 0.3 is 0 Å². The van der Waals surface area contributed by atoms with Crippen molar-refractivity contribution in [2.24, 2.45) is 5.73 Å². The second-order valence-electron chi connectivity index (χ2n) is 3.37. The first-order valence-corrected chi connectivity index (χ1v) is 4.69.